The maximum atomic E-state index is 12.5. The molecule has 1 aromatic carbocycles. The number of nitrogen functional groups attached to an aromatic ring is 2. The fraction of sp³-hybridized carbons (Fsp3) is 0.429. The van der Waals surface area contributed by atoms with Crippen molar-refractivity contribution in [1.82, 2.24) is 4.90 Å². The van der Waals surface area contributed by atoms with Crippen LogP contribution in [-0.2, 0) is 14.3 Å². The van der Waals surface area contributed by atoms with Crippen molar-refractivity contribution in [3.05, 3.63) is 23.8 Å². The van der Waals surface area contributed by atoms with Crippen molar-refractivity contribution in [2.45, 2.75) is 6.92 Å². The van der Waals surface area contributed by atoms with E-state index in [2.05, 4.69) is 0 Å². The fourth-order valence-corrected chi connectivity index (χ4v) is 1.76. The first-order valence-electron chi connectivity index (χ1n) is 6.58. The van der Waals surface area contributed by atoms with E-state index < -0.39 is 5.97 Å². The molecular formula is C14H21N3O4. The van der Waals surface area contributed by atoms with Crippen molar-refractivity contribution in [3.63, 3.8) is 0 Å². The van der Waals surface area contributed by atoms with Crippen molar-refractivity contribution in [2.75, 3.05) is 44.9 Å². The van der Waals surface area contributed by atoms with Gasteiger partial charge in [0.15, 0.2) is 0 Å². The normalized spacial score (nSPS) is 10.2. The molecule has 0 saturated heterocycles. The van der Waals surface area contributed by atoms with E-state index >= 15 is 0 Å². The van der Waals surface area contributed by atoms with E-state index in [0.717, 1.165) is 0 Å². The maximum absolute atomic E-state index is 12.5. The molecular weight excluding hydrogens is 274 g/mol. The Morgan fingerprint density at radius 1 is 1.29 bits per heavy atom. The number of rotatable bonds is 7. The summed E-state index contributed by atoms with van der Waals surface area (Å²) in [5.74, 6) is -0.839. The first-order chi connectivity index (χ1) is 9.99. The molecule has 0 fully saturated rings. The zero-order valence-electron chi connectivity index (χ0n) is 12.3. The highest BCUT2D eigenvalue weighted by Crippen LogP contribution is 2.17. The topological polar surface area (TPSA) is 108 Å². The third-order valence-electron chi connectivity index (χ3n) is 2.78. The van der Waals surface area contributed by atoms with Crippen LogP contribution in [0.5, 0.6) is 0 Å². The number of nitrogens with two attached hydrogens (primary N) is 2. The second kappa shape index (κ2) is 8.11. The number of carbonyl (C=O) groups is 2. The summed E-state index contributed by atoms with van der Waals surface area (Å²) >= 11 is 0. The zero-order valence-corrected chi connectivity index (χ0v) is 12.3. The van der Waals surface area contributed by atoms with E-state index in [4.69, 9.17) is 20.9 Å². The number of nitrogens with zero attached hydrogens (tertiary/aromatic N) is 1. The number of amides is 1. The van der Waals surface area contributed by atoms with E-state index in [1.54, 1.807) is 13.0 Å². The van der Waals surface area contributed by atoms with Gasteiger partial charge in [0.05, 0.1) is 18.8 Å². The molecule has 7 heteroatoms. The van der Waals surface area contributed by atoms with E-state index in [9.17, 15) is 9.59 Å². The molecule has 4 N–H and O–H groups in total. The largest absolute Gasteiger partial charge is 0.465 e. The highest BCUT2D eigenvalue weighted by Gasteiger charge is 2.21. The highest BCUT2D eigenvalue weighted by molar-refractivity contribution is 6.00. The molecule has 1 amide bonds. The van der Waals surface area contributed by atoms with Crippen LogP contribution in [0.3, 0.4) is 0 Å². The first-order valence-corrected chi connectivity index (χ1v) is 6.58. The van der Waals surface area contributed by atoms with E-state index in [0.29, 0.717) is 17.9 Å². The Balaban J connectivity index is 2.90. The number of carbonyl (C=O) groups excluding carboxylic acids is 2. The molecule has 0 unspecified atom stereocenters. The second-order valence-electron chi connectivity index (χ2n) is 4.37. The van der Waals surface area contributed by atoms with Gasteiger partial charge in [0.1, 0.15) is 6.54 Å². The van der Waals surface area contributed by atoms with Crippen molar-refractivity contribution in [3.8, 4) is 0 Å². The Hall–Kier alpha value is -2.28. The molecule has 0 aliphatic heterocycles. The summed E-state index contributed by atoms with van der Waals surface area (Å²) < 4.78 is 9.81. The summed E-state index contributed by atoms with van der Waals surface area (Å²) in [4.78, 5) is 25.4. The van der Waals surface area contributed by atoms with Crippen LogP contribution in [0.15, 0.2) is 18.2 Å². The van der Waals surface area contributed by atoms with Gasteiger partial charge in [0, 0.05) is 25.0 Å². The molecule has 0 bridgehead atoms. The predicted molar refractivity (Wildman–Crippen MR) is 79.7 cm³/mol. The minimum absolute atomic E-state index is 0.153. The van der Waals surface area contributed by atoms with Crippen molar-refractivity contribution in [2.24, 2.45) is 0 Å². The lowest BCUT2D eigenvalue weighted by atomic mass is 10.1. The van der Waals surface area contributed by atoms with Gasteiger partial charge in [-0.25, -0.2) is 0 Å². The third kappa shape index (κ3) is 4.96. The van der Waals surface area contributed by atoms with Crippen LogP contribution in [0.1, 0.15) is 17.3 Å². The summed E-state index contributed by atoms with van der Waals surface area (Å²) in [5, 5.41) is 0. The van der Waals surface area contributed by atoms with Crippen LogP contribution >= 0.6 is 0 Å². The minimum Gasteiger partial charge on any atom is -0.465 e. The summed E-state index contributed by atoms with van der Waals surface area (Å²) in [6.07, 6.45) is 0. The predicted octanol–water partition coefficient (Wildman–Crippen LogP) is 0.503. The van der Waals surface area contributed by atoms with Gasteiger partial charge in [-0.05, 0) is 25.1 Å². The van der Waals surface area contributed by atoms with Gasteiger partial charge in [0.2, 0.25) is 0 Å². The van der Waals surface area contributed by atoms with Crippen molar-refractivity contribution < 1.29 is 19.1 Å². The third-order valence-corrected chi connectivity index (χ3v) is 2.78. The van der Waals surface area contributed by atoms with Gasteiger partial charge in [-0.2, -0.15) is 0 Å². The molecule has 0 heterocycles. The molecule has 0 aromatic heterocycles. The highest BCUT2D eigenvalue weighted by atomic mass is 16.5. The molecule has 7 nitrogen and oxygen atoms in total. The van der Waals surface area contributed by atoms with Gasteiger partial charge < -0.3 is 25.8 Å². The smallest absolute Gasteiger partial charge is 0.325 e. The van der Waals surface area contributed by atoms with Gasteiger partial charge >= 0.3 is 5.97 Å². The molecule has 0 aliphatic rings. The summed E-state index contributed by atoms with van der Waals surface area (Å²) in [7, 11) is 1.52. The van der Waals surface area contributed by atoms with Gasteiger partial charge in [-0.1, -0.05) is 0 Å². The number of benzene rings is 1. The van der Waals surface area contributed by atoms with Crippen LogP contribution in [0, 0.1) is 0 Å². The molecule has 0 spiro atoms. The lowest BCUT2D eigenvalue weighted by molar-refractivity contribution is -0.143. The first kappa shape index (κ1) is 16.8. The standard InChI is InChI=1S/C14H21N3O4/c1-3-21-13(18)9-17(6-7-20-2)14(19)11-5-4-10(15)8-12(11)16/h4-5,8H,3,6-7,9,15-16H2,1-2H3. The van der Waals surface area contributed by atoms with Gasteiger partial charge in [-0.3, -0.25) is 9.59 Å². The van der Waals surface area contributed by atoms with Gasteiger partial charge in [0.25, 0.3) is 5.91 Å². The average Bonchev–Trinajstić information content (AvgIpc) is 2.43. The Morgan fingerprint density at radius 2 is 2.00 bits per heavy atom. The Kier molecular flexibility index (Phi) is 6.48. The molecule has 0 radical (unpaired) electrons. The summed E-state index contributed by atoms with van der Waals surface area (Å²) in [6, 6.07) is 4.63. The van der Waals surface area contributed by atoms with Gasteiger partial charge in [-0.15, -0.1) is 0 Å². The minimum atomic E-state index is -0.476. The average molecular weight is 295 g/mol. The number of ether oxygens (including phenoxy) is 2. The Morgan fingerprint density at radius 3 is 2.57 bits per heavy atom. The molecule has 1 rings (SSSR count). The Bertz CT molecular complexity index is 505. The van der Waals surface area contributed by atoms with Crippen LogP contribution in [0.4, 0.5) is 11.4 Å². The SMILES string of the molecule is CCOC(=O)CN(CCOC)C(=O)c1ccc(N)cc1N. The fourth-order valence-electron chi connectivity index (χ4n) is 1.76. The summed E-state index contributed by atoms with van der Waals surface area (Å²) in [6.45, 7) is 2.38. The molecule has 21 heavy (non-hydrogen) atoms. The lowest BCUT2D eigenvalue weighted by Gasteiger charge is -2.22. The number of methoxy groups -OCH3 is 1. The molecule has 0 atom stereocenters. The Labute approximate surface area is 123 Å². The molecule has 0 saturated carbocycles. The van der Waals surface area contributed by atoms with Crippen molar-refractivity contribution >= 4 is 23.3 Å². The monoisotopic (exact) mass is 295 g/mol. The van der Waals surface area contributed by atoms with E-state index in [1.165, 1.54) is 24.1 Å². The maximum Gasteiger partial charge on any atom is 0.325 e. The second-order valence-corrected chi connectivity index (χ2v) is 4.37. The van der Waals surface area contributed by atoms with Crippen LogP contribution in [0.25, 0.3) is 0 Å². The molecule has 1 aromatic rings. The zero-order chi connectivity index (χ0) is 15.8. The number of hydrogen-bond donors (Lipinski definition) is 2. The number of esters is 1. The van der Waals surface area contributed by atoms with Crippen molar-refractivity contribution in [1.29, 1.82) is 0 Å². The number of anilines is 2. The lowest BCUT2D eigenvalue weighted by Crippen LogP contribution is -2.39. The van der Waals surface area contributed by atoms with Crippen LogP contribution in [-0.4, -0.2) is 50.2 Å². The van der Waals surface area contributed by atoms with Crippen LogP contribution < -0.4 is 11.5 Å². The van der Waals surface area contributed by atoms with E-state index in [1.807, 2.05) is 0 Å². The molecule has 116 valence electrons. The quantitative estimate of drug-likeness (QED) is 0.560. The van der Waals surface area contributed by atoms with E-state index in [-0.39, 0.29) is 31.3 Å². The molecule has 0 aliphatic carbocycles. The summed E-state index contributed by atoms with van der Waals surface area (Å²) in [5.41, 5.74) is 12.4. The number of hydrogen-bond acceptors (Lipinski definition) is 6. The van der Waals surface area contributed by atoms with Crippen LogP contribution in [0.2, 0.25) is 0 Å².